The molecule has 0 radical (unpaired) electrons. The Kier molecular flexibility index (Phi) is 4.02. The summed E-state index contributed by atoms with van der Waals surface area (Å²) < 4.78 is 0. The summed E-state index contributed by atoms with van der Waals surface area (Å²) in [7, 11) is 2.06. The van der Waals surface area contributed by atoms with E-state index < -0.39 is 0 Å². The van der Waals surface area contributed by atoms with E-state index in [1.165, 1.54) is 12.8 Å². The summed E-state index contributed by atoms with van der Waals surface area (Å²) in [5, 5.41) is 4.16. The normalized spacial score (nSPS) is 20.8. The molecular weight excluding hydrogens is 222 g/mol. The SMILES string of the molecule is CN(CC1CCCNC1)c1ncccc1Cl. The van der Waals surface area contributed by atoms with Gasteiger partial charge in [0.1, 0.15) is 5.82 Å². The van der Waals surface area contributed by atoms with Crippen LogP contribution in [0.25, 0.3) is 0 Å². The molecule has 1 aliphatic rings. The van der Waals surface area contributed by atoms with Gasteiger partial charge in [0.2, 0.25) is 0 Å². The average Bonchev–Trinajstić information content (AvgIpc) is 2.31. The maximum Gasteiger partial charge on any atom is 0.147 e. The van der Waals surface area contributed by atoms with Crippen molar-refractivity contribution >= 4 is 17.4 Å². The van der Waals surface area contributed by atoms with Crippen LogP contribution in [0, 0.1) is 5.92 Å². The van der Waals surface area contributed by atoms with E-state index in [2.05, 4.69) is 22.2 Å². The van der Waals surface area contributed by atoms with Gasteiger partial charge in [0.05, 0.1) is 5.02 Å². The molecule has 1 aromatic rings. The molecule has 1 N–H and O–H groups in total. The molecule has 2 heterocycles. The van der Waals surface area contributed by atoms with Crippen molar-refractivity contribution in [3.05, 3.63) is 23.4 Å². The lowest BCUT2D eigenvalue weighted by atomic mass is 9.99. The molecule has 0 spiro atoms. The number of anilines is 1. The monoisotopic (exact) mass is 239 g/mol. The van der Waals surface area contributed by atoms with Crippen molar-refractivity contribution in [1.29, 1.82) is 0 Å². The average molecular weight is 240 g/mol. The minimum absolute atomic E-state index is 0.705. The van der Waals surface area contributed by atoms with E-state index in [1.807, 2.05) is 12.1 Å². The van der Waals surface area contributed by atoms with Crippen molar-refractivity contribution in [3.63, 3.8) is 0 Å². The quantitative estimate of drug-likeness (QED) is 0.877. The number of hydrogen-bond donors (Lipinski definition) is 1. The molecule has 1 aromatic heterocycles. The first kappa shape index (κ1) is 11.7. The summed E-state index contributed by atoms with van der Waals surface area (Å²) in [5.41, 5.74) is 0. The van der Waals surface area contributed by atoms with Crippen LogP contribution >= 0.6 is 11.6 Å². The van der Waals surface area contributed by atoms with Gasteiger partial charge in [-0.15, -0.1) is 0 Å². The predicted molar refractivity (Wildman–Crippen MR) is 68.1 cm³/mol. The highest BCUT2D eigenvalue weighted by Crippen LogP contribution is 2.22. The van der Waals surface area contributed by atoms with Gasteiger partial charge in [-0.2, -0.15) is 0 Å². The number of hydrogen-bond acceptors (Lipinski definition) is 3. The van der Waals surface area contributed by atoms with E-state index in [0.29, 0.717) is 5.92 Å². The van der Waals surface area contributed by atoms with Crippen molar-refractivity contribution in [1.82, 2.24) is 10.3 Å². The maximum atomic E-state index is 6.12. The first-order chi connectivity index (χ1) is 7.77. The molecule has 1 unspecified atom stereocenters. The molecule has 0 bridgehead atoms. The van der Waals surface area contributed by atoms with Gasteiger partial charge in [0.25, 0.3) is 0 Å². The molecule has 0 saturated carbocycles. The van der Waals surface area contributed by atoms with Gasteiger partial charge in [0, 0.05) is 19.8 Å². The molecule has 0 aromatic carbocycles. The van der Waals surface area contributed by atoms with Crippen LogP contribution in [0.1, 0.15) is 12.8 Å². The Hall–Kier alpha value is -0.800. The topological polar surface area (TPSA) is 28.2 Å². The van der Waals surface area contributed by atoms with E-state index in [1.54, 1.807) is 6.20 Å². The fourth-order valence-electron chi connectivity index (χ4n) is 2.21. The Labute approximate surface area is 102 Å². The summed E-state index contributed by atoms with van der Waals surface area (Å²) in [6.07, 6.45) is 4.35. The van der Waals surface area contributed by atoms with Crippen LogP contribution in [0.3, 0.4) is 0 Å². The third kappa shape index (κ3) is 2.86. The smallest absolute Gasteiger partial charge is 0.147 e. The maximum absolute atomic E-state index is 6.12. The van der Waals surface area contributed by atoms with E-state index in [9.17, 15) is 0 Å². The van der Waals surface area contributed by atoms with Crippen molar-refractivity contribution in [3.8, 4) is 0 Å². The molecule has 2 rings (SSSR count). The molecule has 1 saturated heterocycles. The van der Waals surface area contributed by atoms with Crippen LogP contribution in [0.2, 0.25) is 5.02 Å². The largest absolute Gasteiger partial charge is 0.358 e. The summed E-state index contributed by atoms with van der Waals surface area (Å²) in [6.45, 7) is 3.28. The number of piperidine rings is 1. The predicted octanol–water partition coefficient (Wildman–Crippen LogP) is 2.17. The second-order valence-electron chi connectivity index (χ2n) is 4.40. The zero-order chi connectivity index (χ0) is 11.4. The minimum Gasteiger partial charge on any atom is -0.358 e. The second-order valence-corrected chi connectivity index (χ2v) is 4.81. The number of halogens is 1. The molecule has 88 valence electrons. The lowest BCUT2D eigenvalue weighted by Gasteiger charge is -2.28. The molecule has 16 heavy (non-hydrogen) atoms. The Morgan fingerprint density at radius 1 is 1.62 bits per heavy atom. The van der Waals surface area contributed by atoms with Gasteiger partial charge in [-0.25, -0.2) is 4.98 Å². The Morgan fingerprint density at radius 2 is 2.50 bits per heavy atom. The molecule has 0 amide bonds. The number of pyridine rings is 1. The second kappa shape index (κ2) is 5.51. The van der Waals surface area contributed by atoms with Gasteiger partial charge >= 0.3 is 0 Å². The first-order valence-corrected chi connectivity index (χ1v) is 6.17. The summed E-state index contributed by atoms with van der Waals surface area (Å²) in [4.78, 5) is 6.47. The molecule has 1 aliphatic heterocycles. The lowest BCUT2D eigenvalue weighted by Crippen LogP contribution is -2.37. The van der Waals surface area contributed by atoms with Crippen molar-refractivity contribution in [2.75, 3.05) is 31.6 Å². The van der Waals surface area contributed by atoms with Crippen molar-refractivity contribution < 1.29 is 0 Å². The molecule has 1 fully saturated rings. The van der Waals surface area contributed by atoms with E-state index in [4.69, 9.17) is 11.6 Å². The van der Waals surface area contributed by atoms with Gasteiger partial charge in [-0.3, -0.25) is 0 Å². The van der Waals surface area contributed by atoms with Crippen LogP contribution in [0.5, 0.6) is 0 Å². The summed E-state index contributed by atoms with van der Waals surface area (Å²) in [6, 6.07) is 3.75. The fraction of sp³-hybridized carbons (Fsp3) is 0.583. The standard InChI is InChI=1S/C12H18ClN3/c1-16(9-10-4-2-6-14-8-10)12-11(13)5-3-7-15-12/h3,5,7,10,14H,2,4,6,8-9H2,1H3. The molecule has 4 heteroatoms. The summed E-state index contributed by atoms with van der Waals surface area (Å²) in [5.74, 6) is 1.59. The zero-order valence-corrected chi connectivity index (χ0v) is 10.4. The fourth-order valence-corrected chi connectivity index (χ4v) is 2.48. The van der Waals surface area contributed by atoms with E-state index in [-0.39, 0.29) is 0 Å². The highest BCUT2D eigenvalue weighted by Gasteiger charge is 2.16. The highest BCUT2D eigenvalue weighted by molar-refractivity contribution is 6.32. The Balaban J connectivity index is 1.96. The lowest BCUT2D eigenvalue weighted by molar-refractivity contribution is 0.380. The third-order valence-electron chi connectivity index (χ3n) is 3.03. The van der Waals surface area contributed by atoms with Crippen molar-refractivity contribution in [2.24, 2.45) is 5.92 Å². The van der Waals surface area contributed by atoms with Crippen LogP contribution in [0.15, 0.2) is 18.3 Å². The van der Waals surface area contributed by atoms with Crippen LogP contribution in [0.4, 0.5) is 5.82 Å². The number of rotatable bonds is 3. The third-order valence-corrected chi connectivity index (χ3v) is 3.33. The number of aromatic nitrogens is 1. The first-order valence-electron chi connectivity index (χ1n) is 5.80. The molecule has 0 aliphatic carbocycles. The minimum atomic E-state index is 0.705. The van der Waals surface area contributed by atoms with Crippen LogP contribution in [-0.4, -0.2) is 31.7 Å². The zero-order valence-electron chi connectivity index (χ0n) is 9.62. The summed E-state index contributed by atoms with van der Waals surface area (Å²) >= 11 is 6.12. The molecular formula is C12H18ClN3. The van der Waals surface area contributed by atoms with Gasteiger partial charge < -0.3 is 10.2 Å². The van der Waals surface area contributed by atoms with E-state index in [0.717, 1.165) is 30.5 Å². The van der Waals surface area contributed by atoms with Gasteiger partial charge in [0.15, 0.2) is 0 Å². The Morgan fingerprint density at radius 3 is 3.19 bits per heavy atom. The highest BCUT2D eigenvalue weighted by atomic mass is 35.5. The van der Waals surface area contributed by atoms with E-state index >= 15 is 0 Å². The van der Waals surface area contributed by atoms with Crippen LogP contribution in [-0.2, 0) is 0 Å². The number of nitrogens with one attached hydrogen (secondary N) is 1. The van der Waals surface area contributed by atoms with Gasteiger partial charge in [-0.1, -0.05) is 11.6 Å². The van der Waals surface area contributed by atoms with Crippen LogP contribution < -0.4 is 10.2 Å². The number of nitrogens with zero attached hydrogens (tertiary/aromatic N) is 2. The Bertz CT molecular complexity index is 337. The van der Waals surface area contributed by atoms with Crippen molar-refractivity contribution in [2.45, 2.75) is 12.8 Å². The van der Waals surface area contributed by atoms with Gasteiger partial charge in [-0.05, 0) is 44.0 Å². The molecule has 3 nitrogen and oxygen atoms in total. The molecule has 1 atom stereocenters.